The Hall–Kier alpha value is -3.17. The molecule has 0 bridgehead atoms. The average molecular weight is 444 g/mol. The molecule has 0 atom stereocenters. The minimum atomic E-state index is -0.783. The number of fused-ring (bicyclic) bond motifs is 1. The fraction of sp³-hybridized carbons (Fsp3) is 0.391. The number of aryl methyl sites for hydroxylation is 1. The van der Waals surface area contributed by atoms with Crippen LogP contribution in [-0.4, -0.2) is 48.5 Å². The van der Waals surface area contributed by atoms with Gasteiger partial charge in [-0.15, -0.1) is 0 Å². The van der Waals surface area contributed by atoms with Crippen molar-refractivity contribution in [3.63, 3.8) is 0 Å². The van der Waals surface area contributed by atoms with Gasteiger partial charge in [-0.25, -0.2) is 9.37 Å². The van der Waals surface area contributed by atoms with Gasteiger partial charge < -0.3 is 29.1 Å². The van der Waals surface area contributed by atoms with E-state index in [4.69, 9.17) is 18.6 Å². The SMILES string of the molecule is COc1ncccc1COc1cc(F)c2oc(C)c(C(=O)NC3(CO)CCOCC3)c2c1. The number of amides is 1. The zero-order valence-corrected chi connectivity index (χ0v) is 17.9. The zero-order chi connectivity index (χ0) is 22.7. The van der Waals surface area contributed by atoms with Gasteiger partial charge >= 0.3 is 0 Å². The number of hydrogen-bond acceptors (Lipinski definition) is 7. The highest BCUT2D eigenvalue weighted by Crippen LogP contribution is 2.33. The average Bonchev–Trinajstić information content (AvgIpc) is 3.15. The Morgan fingerprint density at radius 2 is 2.12 bits per heavy atom. The third-order valence-electron chi connectivity index (χ3n) is 5.69. The monoisotopic (exact) mass is 444 g/mol. The van der Waals surface area contributed by atoms with Crippen LogP contribution in [-0.2, 0) is 11.3 Å². The molecule has 0 spiro atoms. The number of benzene rings is 1. The second-order valence-corrected chi connectivity index (χ2v) is 7.78. The molecule has 1 aromatic carbocycles. The number of aliphatic hydroxyl groups excluding tert-OH is 1. The van der Waals surface area contributed by atoms with Gasteiger partial charge in [0, 0.05) is 30.9 Å². The third kappa shape index (κ3) is 4.26. The van der Waals surface area contributed by atoms with Crippen molar-refractivity contribution >= 4 is 16.9 Å². The molecule has 1 saturated heterocycles. The van der Waals surface area contributed by atoms with Gasteiger partial charge in [0.2, 0.25) is 5.88 Å². The molecule has 1 amide bonds. The fourth-order valence-electron chi connectivity index (χ4n) is 3.88. The summed E-state index contributed by atoms with van der Waals surface area (Å²) in [4.78, 5) is 17.3. The van der Waals surface area contributed by atoms with Crippen molar-refractivity contribution in [2.24, 2.45) is 0 Å². The highest BCUT2D eigenvalue weighted by Gasteiger charge is 2.35. The van der Waals surface area contributed by atoms with Crippen molar-refractivity contribution in [1.82, 2.24) is 10.3 Å². The second-order valence-electron chi connectivity index (χ2n) is 7.78. The molecule has 2 N–H and O–H groups in total. The maximum absolute atomic E-state index is 14.8. The minimum Gasteiger partial charge on any atom is -0.489 e. The smallest absolute Gasteiger partial charge is 0.255 e. The first-order valence-electron chi connectivity index (χ1n) is 10.3. The summed E-state index contributed by atoms with van der Waals surface area (Å²) in [6.45, 7) is 2.37. The molecule has 0 radical (unpaired) electrons. The maximum atomic E-state index is 14.8. The number of aromatic nitrogens is 1. The number of nitrogens with one attached hydrogen (secondary N) is 1. The number of ether oxygens (including phenoxy) is 3. The van der Waals surface area contributed by atoms with Crippen molar-refractivity contribution in [2.45, 2.75) is 31.9 Å². The Bertz CT molecular complexity index is 1120. The van der Waals surface area contributed by atoms with Crippen LogP contribution in [0.1, 0.15) is 34.5 Å². The largest absolute Gasteiger partial charge is 0.489 e. The minimum absolute atomic E-state index is 0.0241. The molecule has 2 aromatic heterocycles. The van der Waals surface area contributed by atoms with E-state index in [0.29, 0.717) is 42.9 Å². The highest BCUT2D eigenvalue weighted by molar-refractivity contribution is 6.08. The molecule has 1 aliphatic rings. The van der Waals surface area contributed by atoms with Crippen molar-refractivity contribution < 1.29 is 32.9 Å². The number of halogens is 1. The predicted octanol–water partition coefficient (Wildman–Crippen LogP) is 3.13. The van der Waals surface area contributed by atoms with Crippen LogP contribution in [0.3, 0.4) is 0 Å². The second kappa shape index (κ2) is 9.13. The molecule has 0 saturated carbocycles. The van der Waals surface area contributed by atoms with E-state index in [2.05, 4.69) is 10.3 Å². The van der Waals surface area contributed by atoms with Crippen molar-refractivity contribution in [2.75, 3.05) is 26.9 Å². The van der Waals surface area contributed by atoms with Gasteiger partial charge in [-0.3, -0.25) is 4.79 Å². The lowest BCUT2D eigenvalue weighted by Gasteiger charge is -2.36. The van der Waals surface area contributed by atoms with E-state index in [1.807, 2.05) is 0 Å². The molecule has 4 rings (SSSR count). The summed E-state index contributed by atoms with van der Waals surface area (Å²) in [5.74, 6) is -0.149. The summed E-state index contributed by atoms with van der Waals surface area (Å²) < 4.78 is 36.7. The van der Waals surface area contributed by atoms with E-state index < -0.39 is 17.3 Å². The molecule has 3 heterocycles. The zero-order valence-electron chi connectivity index (χ0n) is 17.9. The van der Waals surface area contributed by atoms with E-state index in [-0.39, 0.29) is 35.9 Å². The van der Waals surface area contributed by atoms with Crippen LogP contribution in [0.2, 0.25) is 0 Å². The fourth-order valence-corrected chi connectivity index (χ4v) is 3.88. The quantitative estimate of drug-likeness (QED) is 0.577. The lowest BCUT2D eigenvalue weighted by Crippen LogP contribution is -2.54. The third-order valence-corrected chi connectivity index (χ3v) is 5.69. The van der Waals surface area contributed by atoms with E-state index >= 15 is 0 Å². The van der Waals surface area contributed by atoms with Crippen LogP contribution >= 0.6 is 0 Å². The van der Waals surface area contributed by atoms with E-state index in [0.717, 1.165) is 0 Å². The van der Waals surface area contributed by atoms with Crippen molar-refractivity contribution in [3.8, 4) is 11.6 Å². The van der Waals surface area contributed by atoms with Gasteiger partial charge in [0.05, 0.1) is 30.4 Å². The normalized spacial score (nSPS) is 15.5. The predicted molar refractivity (Wildman–Crippen MR) is 113 cm³/mol. The summed E-state index contributed by atoms with van der Waals surface area (Å²) >= 11 is 0. The summed E-state index contributed by atoms with van der Waals surface area (Å²) in [6.07, 6.45) is 2.57. The molecule has 1 fully saturated rings. The first-order valence-corrected chi connectivity index (χ1v) is 10.3. The van der Waals surface area contributed by atoms with Crippen molar-refractivity contribution in [1.29, 1.82) is 0 Å². The topological polar surface area (TPSA) is 103 Å². The van der Waals surface area contributed by atoms with Crippen LogP contribution in [0.25, 0.3) is 11.0 Å². The number of nitrogens with zero attached hydrogens (tertiary/aromatic N) is 1. The van der Waals surface area contributed by atoms with Gasteiger partial charge in [-0.2, -0.15) is 0 Å². The molecule has 0 unspecified atom stereocenters. The Morgan fingerprint density at radius 3 is 2.84 bits per heavy atom. The number of hydrogen-bond donors (Lipinski definition) is 2. The highest BCUT2D eigenvalue weighted by atomic mass is 19.1. The summed E-state index contributed by atoms with van der Waals surface area (Å²) in [5, 5.41) is 13.1. The molecule has 9 heteroatoms. The van der Waals surface area contributed by atoms with Gasteiger partial charge in [0.25, 0.3) is 5.91 Å². The van der Waals surface area contributed by atoms with Crippen LogP contribution in [0.4, 0.5) is 4.39 Å². The number of pyridine rings is 1. The van der Waals surface area contributed by atoms with Crippen LogP contribution in [0, 0.1) is 12.7 Å². The number of furan rings is 1. The van der Waals surface area contributed by atoms with E-state index in [1.54, 1.807) is 31.3 Å². The first kappa shape index (κ1) is 22.0. The Balaban J connectivity index is 1.63. The van der Waals surface area contributed by atoms with Gasteiger partial charge in [-0.1, -0.05) is 0 Å². The van der Waals surface area contributed by atoms with Gasteiger partial charge in [0.15, 0.2) is 11.4 Å². The van der Waals surface area contributed by atoms with Crippen LogP contribution < -0.4 is 14.8 Å². The Labute approximate surface area is 184 Å². The van der Waals surface area contributed by atoms with Crippen molar-refractivity contribution in [3.05, 3.63) is 53.2 Å². The lowest BCUT2D eigenvalue weighted by atomic mass is 9.90. The first-order chi connectivity index (χ1) is 15.5. The van der Waals surface area contributed by atoms with Gasteiger partial charge in [-0.05, 0) is 38.0 Å². The number of methoxy groups -OCH3 is 1. The summed E-state index contributed by atoms with van der Waals surface area (Å²) in [7, 11) is 1.51. The molecule has 3 aromatic rings. The maximum Gasteiger partial charge on any atom is 0.255 e. The Kier molecular flexibility index (Phi) is 6.29. The molecule has 170 valence electrons. The number of carbonyl (C=O) groups is 1. The molecule has 1 aliphatic heterocycles. The molecule has 32 heavy (non-hydrogen) atoms. The molecule has 0 aliphatic carbocycles. The lowest BCUT2D eigenvalue weighted by molar-refractivity contribution is 0.0125. The van der Waals surface area contributed by atoms with E-state index in [9.17, 15) is 14.3 Å². The van der Waals surface area contributed by atoms with Crippen LogP contribution in [0.5, 0.6) is 11.6 Å². The molecular formula is C23H25FN2O6. The number of rotatable bonds is 7. The summed E-state index contributed by atoms with van der Waals surface area (Å²) in [5.41, 5.74) is 0.0994. The number of carbonyl (C=O) groups excluding carboxylic acids is 1. The molecule has 8 nitrogen and oxygen atoms in total. The summed E-state index contributed by atoms with van der Waals surface area (Å²) in [6, 6.07) is 6.33. The molecular weight excluding hydrogens is 419 g/mol. The standard InChI is InChI=1S/C23H25FN2O6/c1-14-19(21(28)26-23(13-27)5-8-30-9-6-23)17-10-16(11-18(24)20(17)32-14)31-12-15-4-3-7-25-22(15)29-2/h3-4,7,10-11,27H,5-6,8-9,12-13H2,1-2H3,(H,26,28). The van der Waals surface area contributed by atoms with E-state index in [1.165, 1.54) is 13.2 Å². The Morgan fingerprint density at radius 1 is 1.34 bits per heavy atom. The van der Waals surface area contributed by atoms with Crippen LogP contribution in [0.15, 0.2) is 34.9 Å². The number of aliphatic hydroxyl groups is 1. The van der Waals surface area contributed by atoms with Gasteiger partial charge in [0.1, 0.15) is 18.1 Å².